The normalized spacial score (nSPS) is 29.6. The molecule has 1 saturated carbocycles. The van der Waals surface area contributed by atoms with E-state index in [0.29, 0.717) is 0 Å². The fourth-order valence-corrected chi connectivity index (χ4v) is 2.70. The molecule has 84 valence electrons. The summed E-state index contributed by atoms with van der Waals surface area (Å²) in [5.74, 6) is -0.265. The second-order valence-corrected chi connectivity index (χ2v) is 4.49. The summed E-state index contributed by atoms with van der Waals surface area (Å²) in [7, 11) is 1.42. The van der Waals surface area contributed by atoms with Gasteiger partial charge in [-0.25, -0.2) is 4.79 Å². The Morgan fingerprint density at radius 3 is 2.44 bits per heavy atom. The van der Waals surface area contributed by atoms with Crippen molar-refractivity contribution in [2.24, 2.45) is 0 Å². The van der Waals surface area contributed by atoms with Crippen molar-refractivity contribution < 1.29 is 14.3 Å². The third-order valence-corrected chi connectivity index (χ3v) is 3.76. The van der Waals surface area contributed by atoms with Crippen molar-refractivity contribution in [2.75, 3.05) is 7.11 Å². The van der Waals surface area contributed by atoms with E-state index in [9.17, 15) is 4.79 Å². The Kier molecular flexibility index (Phi) is 1.89. The van der Waals surface area contributed by atoms with E-state index in [2.05, 4.69) is 0 Å². The summed E-state index contributed by atoms with van der Waals surface area (Å²) < 4.78 is 10.7. The predicted octanol–water partition coefficient (Wildman–Crippen LogP) is 2.01. The number of epoxide rings is 1. The molecule has 3 heteroatoms. The van der Waals surface area contributed by atoms with Gasteiger partial charge in [0.25, 0.3) is 0 Å². The van der Waals surface area contributed by atoms with E-state index in [1.54, 1.807) is 0 Å². The molecule has 1 unspecified atom stereocenters. The van der Waals surface area contributed by atoms with Crippen molar-refractivity contribution in [1.29, 1.82) is 0 Å². The maximum Gasteiger partial charge on any atom is 0.345 e. The Bertz CT molecular complexity index is 422. The zero-order chi connectivity index (χ0) is 11.2. The van der Waals surface area contributed by atoms with Crippen LogP contribution in [-0.2, 0) is 19.9 Å². The Hall–Kier alpha value is -1.35. The van der Waals surface area contributed by atoms with Crippen molar-refractivity contribution in [3.63, 3.8) is 0 Å². The van der Waals surface area contributed by atoms with Crippen molar-refractivity contribution >= 4 is 5.97 Å². The van der Waals surface area contributed by atoms with Gasteiger partial charge in [-0.1, -0.05) is 30.3 Å². The lowest BCUT2D eigenvalue weighted by Gasteiger charge is -2.25. The standard InChI is InChI=1S/C13H14O3/c1-15-11(14)13(10-6-3-2-4-7-10)12(16-13)8-5-9-12/h2-4,6-7H,5,8-9H2,1H3. The topological polar surface area (TPSA) is 38.8 Å². The molecular formula is C13H14O3. The van der Waals surface area contributed by atoms with Gasteiger partial charge in [0.15, 0.2) is 0 Å². The molecule has 0 aromatic heterocycles. The number of esters is 1. The lowest BCUT2D eigenvalue weighted by molar-refractivity contribution is -0.147. The SMILES string of the molecule is COC(=O)C1(c2ccccc2)OC12CCC2. The number of hydrogen-bond donors (Lipinski definition) is 0. The van der Waals surface area contributed by atoms with E-state index in [1.807, 2.05) is 30.3 Å². The minimum Gasteiger partial charge on any atom is -0.467 e. The van der Waals surface area contributed by atoms with Gasteiger partial charge in [-0.05, 0) is 24.8 Å². The van der Waals surface area contributed by atoms with Crippen molar-refractivity contribution in [1.82, 2.24) is 0 Å². The van der Waals surface area contributed by atoms with Gasteiger partial charge in [0.2, 0.25) is 5.60 Å². The fourth-order valence-electron chi connectivity index (χ4n) is 2.70. The zero-order valence-corrected chi connectivity index (χ0v) is 9.23. The van der Waals surface area contributed by atoms with Gasteiger partial charge >= 0.3 is 5.97 Å². The molecule has 1 heterocycles. The molecule has 3 rings (SSSR count). The van der Waals surface area contributed by atoms with Crippen LogP contribution in [0.2, 0.25) is 0 Å². The second kappa shape index (κ2) is 3.08. The molecule has 1 spiro atoms. The molecule has 0 bridgehead atoms. The van der Waals surface area contributed by atoms with Crippen molar-refractivity contribution in [3.8, 4) is 0 Å². The molecule has 0 radical (unpaired) electrons. The largest absolute Gasteiger partial charge is 0.467 e. The summed E-state index contributed by atoms with van der Waals surface area (Å²) in [6, 6.07) is 9.65. The van der Waals surface area contributed by atoms with Crippen LogP contribution in [0.1, 0.15) is 24.8 Å². The molecule has 3 nitrogen and oxygen atoms in total. The van der Waals surface area contributed by atoms with E-state index in [4.69, 9.17) is 9.47 Å². The number of ether oxygens (including phenoxy) is 2. The smallest absolute Gasteiger partial charge is 0.345 e. The third kappa shape index (κ3) is 0.990. The highest BCUT2D eigenvalue weighted by atomic mass is 16.7. The summed E-state index contributed by atoms with van der Waals surface area (Å²) >= 11 is 0. The Balaban J connectivity index is 2.02. The average molecular weight is 218 g/mol. The number of benzene rings is 1. The minimum atomic E-state index is -0.818. The van der Waals surface area contributed by atoms with Gasteiger partial charge in [-0.15, -0.1) is 0 Å². The Labute approximate surface area is 94.4 Å². The van der Waals surface area contributed by atoms with E-state index in [-0.39, 0.29) is 11.6 Å². The summed E-state index contributed by atoms with van der Waals surface area (Å²) in [6.45, 7) is 0. The molecule has 0 N–H and O–H groups in total. The summed E-state index contributed by atoms with van der Waals surface area (Å²) in [6.07, 6.45) is 3.04. The lowest BCUT2D eigenvalue weighted by Crippen LogP contribution is -2.37. The van der Waals surface area contributed by atoms with Gasteiger partial charge in [-0.3, -0.25) is 0 Å². The van der Waals surface area contributed by atoms with Crippen LogP contribution in [-0.4, -0.2) is 18.7 Å². The van der Waals surface area contributed by atoms with Gasteiger partial charge in [0, 0.05) is 0 Å². The van der Waals surface area contributed by atoms with Crippen LogP contribution in [0.4, 0.5) is 0 Å². The van der Waals surface area contributed by atoms with E-state index < -0.39 is 5.60 Å². The Morgan fingerprint density at radius 1 is 1.31 bits per heavy atom. The Morgan fingerprint density at radius 2 is 2.00 bits per heavy atom. The highest BCUT2D eigenvalue weighted by molar-refractivity contribution is 5.87. The van der Waals surface area contributed by atoms with E-state index >= 15 is 0 Å². The van der Waals surface area contributed by atoms with Crippen LogP contribution >= 0.6 is 0 Å². The summed E-state index contributed by atoms with van der Waals surface area (Å²) in [4.78, 5) is 12.0. The molecule has 2 aliphatic rings. The first-order chi connectivity index (χ1) is 7.75. The van der Waals surface area contributed by atoms with Gasteiger partial charge < -0.3 is 9.47 Å². The minimum absolute atomic E-state index is 0.262. The molecule has 1 saturated heterocycles. The van der Waals surface area contributed by atoms with Gasteiger partial charge in [0.1, 0.15) is 5.60 Å². The quantitative estimate of drug-likeness (QED) is 0.563. The third-order valence-electron chi connectivity index (χ3n) is 3.76. The van der Waals surface area contributed by atoms with Crippen LogP contribution in [0.25, 0.3) is 0 Å². The van der Waals surface area contributed by atoms with Crippen LogP contribution in [0, 0.1) is 0 Å². The van der Waals surface area contributed by atoms with Crippen LogP contribution in [0.15, 0.2) is 30.3 Å². The first-order valence-corrected chi connectivity index (χ1v) is 5.59. The highest BCUT2D eigenvalue weighted by Gasteiger charge is 2.78. The second-order valence-electron chi connectivity index (χ2n) is 4.49. The van der Waals surface area contributed by atoms with Gasteiger partial charge in [-0.2, -0.15) is 0 Å². The van der Waals surface area contributed by atoms with Crippen LogP contribution in [0.5, 0.6) is 0 Å². The first kappa shape index (κ1) is 9.85. The monoisotopic (exact) mass is 218 g/mol. The number of hydrogen-bond acceptors (Lipinski definition) is 3. The van der Waals surface area contributed by atoms with Gasteiger partial charge in [0.05, 0.1) is 7.11 Å². The molecule has 1 aliphatic heterocycles. The molecule has 0 amide bonds. The number of carbonyl (C=O) groups excluding carboxylic acids is 1. The predicted molar refractivity (Wildman–Crippen MR) is 57.8 cm³/mol. The number of rotatable bonds is 2. The fraction of sp³-hybridized carbons (Fsp3) is 0.462. The highest BCUT2D eigenvalue weighted by Crippen LogP contribution is 2.66. The maximum absolute atomic E-state index is 12.0. The lowest BCUT2D eigenvalue weighted by atomic mass is 9.73. The molecule has 1 aromatic rings. The zero-order valence-electron chi connectivity index (χ0n) is 9.23. The molecule has 1 aliphatic carbocycles. The summed E-state index contributed by atoms with van der Waals surface area (Å²) in [5.41, 5.74) is -0.163. The van der Waals surface area contributed by atoms with E-state index in [0.717, 1.165) is 24.8 Å². The van der Waals surface area contributed by atoms with Crippen molar-refractivity contribution in [2.45, 2.75) is 30.5 Å². The molecule has 2 fully saturated rings. The van der Waals surface area contributed by atoms with Crippen molar-refractivity contribution in [3.05, 3.63) is 35.9 Å². The first-order valence-electron chi connectivity index (χ1n) is 5.59. The van der Waals surface area contributed by atoms with Crippen LogP contribution in [0.3, 0.4) is 0 Å². The number of carbonyl (C=O) groups is 1. The van der Waals surface area contributed by atoms with E-state index in [1.165, 1.54) is 7.11 Å². The molecule has 16 heavy (non-hydrogen) atoms. The molecular weight excluding hydrogens is 204 g/mol. The van der Waals surface area contributed by atoms with Crippen LogP contribution < -0.4 is 0 Å². The molecule has 1 aromatic carbocycles. The number of methoxy groups -OCH3 is 1. The maximum atomic E-state index is 12.0. The molecule has 1 atom stereocenters. The average Bonchev–Trinajstić information content (AvgIpc) is 3.01. The summed E-state index contributed by atoms with van der Waals surface area (Å²) in [5, 5.41) is 0.